The number of nitrogens with one attached hydrogen (secondary N) is 1. The summed E-state index contributed by atoms with van der Waals surface area (Å²) in [7, 11) is 0. The molecule has 1 aliphatic heterocycles. The van der Waals surface area contributed by atoms with Crippen LogP contribution in [0.25, 0.3) is 0 Å². The summed E-state index contributed by atoms with van der Waals surface area (Å²) in [5.41, 5.74) is 0. The second kappa shape index (κ2) is 5.80. The van der Waals surface area contributed by atoms with Crippen molar-refractivity contribution in [2.45, 2.75) is 13.0 Å². The maximum atomic E-state index is 11.9. The molecule has 0 saturated carbocycles. The van der Waals surface area contributed by atoms with Crippen molar-refractivity contribution in [2.24, 2.45) is 5.92 Å². The van der Waals surface area contributed by atoms with Crippen molar-refractivity contribution < 1.29 is 14.3 Å². The molecule has 2 unspecified atom stereocenters. The van der Waals surface area contributed by atoms with Gasteiger partial charge in [-0.2, -0.15) is 0 Å². The van der Waals surface area contributed by atoms with Gasteiger partial charge in [0, 0.05) is 12.6 Å². The van der Waals surface area contributed by atoms with Crippen molar-refractivity contribution in [3.63, 3.8) is 0 Å². The lowest BCUT2D eigenvalue weighted by Crippen LogP contribution is -2.48. The van der Waals surface area contributed by atoms with Gasteiger partial charge in [0.05, 0.1) is 19.1 Å². The maximum absolute atomic E-state index is 11.9. The minimum Gasteiger partial charge on any atom is -0.426 e. The Morgan fingerprint density at radius 1 is 1.47 bits per heavy atom. The molecule has 1 fully saturated rings. The van der Waals surface area contributed by atoms with Gasteiger partial charge >= 0.3 is 5.97 Å². The molecule has 0 amide bonds. The monoisotopic (exact) mass is 235 g/mol. The molecule has 0 aromatic heterocycles. The molecule has 4 nitrogen and oxygen atoms in total. The second-order valence-corrected chi connectivity index (χ2v) is 4.16. The van der Waals surface area contributed by atoms with E-state index in [9.17, 15) is 4.79 Å². The molecule has 2 rings (SSSR count). The van der Waals surface area contributed by atoms with Crippen molar-refractivity contribution in [1.29, 1.82) is 0 Å². The standard InChI is InChI=1S/C13H17NO3/c1-10(12-9-16-8-7-14-12)13(15)17-11-5-3-2-4-6-11/h2-6,10,12,14H,7-9H2,1H3. The number of hydrogen-bond donors (Lipinski definition) is 1. The predicted molar refractivity (Wildman–Crippen MR) is 63.9 cm³/mol. The minimum atomic E-state index is -0.223. The van der Waals surface area contributed by atoms with Crippen LogP contribution in [0.15, 0.2) is 30.3 Å². The van der Waals surface area contributed by atoms with Crippen LogP contribution in [0.3, 0.4) is 0 Å². The molecule has 1 N–H and O–H groups in total. The van der Waals surface area contributed by atoms with Gasteiger partial charge in [0.2, 0.25) is 0 Å². The molecule has 1 aliphatic rings. The van der Waals surface area contributed by atoms with E-state index in [1.165, 1.54) is 0 Å². The lowest BCUT2D eigenvalue weighted by molar-refractivity contribution is -0.140. The summed E-state index contributed by atoms with van der Waals surface area (Å²) in [6.45, 7) is 3.91. The zero-order chi connectivity index (χ0) is 12.1. The largest absolute Gasteiger partial charge is 0.426 e. The molecule has 4 heteroatoms. The molecule has 92 valence electrons. The van der Waals surface area contributed by atoms with E-state index in [-0.39, 0.29) is 17.9 Å². The Morgan fingerprint density at radius 3 is 2.88 bits per heavy atom. The van der Waals surface area contributed by atoms with E-state index in [1.54, 1.807) is 12.1 Å². The zero-order valence-electron chi connectivity index (χ0n) is 9.89. The molecular weight excluding hydrogens is 218 g/mol. The van der Waals surface area contributed by atoms with Gasteiger partial charge in [-0.1, -0.05) is 25.1 Å². The lowest BCUT2D eigenvalue weighted by atomic mass is 10.0. The molecule has 1 aromatic carbocycles. The van der Waals surface area contributed by atoms with E-state index >= 15 is 0 Å². The van der Waals surface area contributed by atoms with Gasteiger partial charge in [0.25, 0.3) is 0 Å². The van der Waals surface area contributed by atoms with E-state index < -0.39 is 0 Å². The van der Waals surface area contributed by atoms with Gasteiger partial charge in [0.1, 0.15) is 5.75 Å². The predicted octanol–water partition coefficient (Wildman–Crippen LogP) is 1.22. The van der Waals surface area contributed by atoms with E-state index in [0.29, 0.717) is 19.0 Å². The van der Waals surface area contributed by atoms with E-state index in [2.05, 4.69) is 5.32 Å². The highest BCUT2D eigenvalue weighted by atomic mass is 16.5. The Hall–Kier alpha value is -1.39. The van der Waals surface area contributed by atoms with Gasteiger partial charge < -0.3 is 14.8 Å². The van der Waals surface area contributed by atoms with Gasteiger partial charge in [-0.15, -0.1) is 0 Å². The lowest BCUT2D eigenvalue weighted by Gasteiger charge is -2.27. The Balaban J connectivity index is 1.90. The Bertz CT molecular complexity index is 360. The smallest absolute Gasteiger partial charge is 0.315 e. The summed E-state index contributed by atoms with van der Waals surface area (Å²) in [5, 5.41) is 3.26. The van der Waals surface area contributed by atoms with Crippen molar-refractivity contribution in [3.05, 3.63) is 30.3 Å². The Labute approximate surface area is 101 Å². The minimum absolute atomic E-state index is 0.0416. The molecule has 0 radical (unpaired) electrons. The van der Waals surface area contributed by atoms with Crippen molar-refractivity contribution in [1.82, 2.24) is 5.32 Å². The number of para-hydroxylation sites is 1. The number of hydrogen-bond acceptors (Lipinski definition) is 4. The third kappa shape index (κ3) is 3.28. The number of rotatable bonds is 3. The van der Waals surface area contributed by atoms with Crippen LogP contribution in [0, 0.1) is 5.92 Å². The molecule has 1 aromatic rings. The highest BCUT2D eigenvalue weighted by Gasteiger charge is 2.27. The van der Waals surface area contributed by atoms with Gasteiger partial charge in [-0.25, -0.2) is 0 Å². The third-order valence-corrected chi connectivity index (χ3v) is 2.89. The van der Waals surface area contributed by atoms with Crippen molar-refractivity contribution >= 4 is 5.97 Å². The molecule has 1 saturated heterocycles. The zero-order valence-corrected chi connectivity index (χ0v) is 9.89. The Morgan fingerprint density at radius 2 is 2.24 bits per heavy atom. The maximum Gasteiger partial charge on any atom is 0.315 e. The van der Waals surface area contributed by atoms with Crippen LogP contribution < -0.4 is 10.1 Å². The molecule has 0 spiro atoms. The summed E-state index contributed by atoms with van der Waals surface area (Å²) in [5.74, 6) is 0.149. The molecule has 0 aliphatic carbocycles. The van der Waals surface area contributed by atoms with Crippen molar-refractivity contribution in [3.8, 4) is 5.75 Å². The van der Waals surface area contributed by atoms with Gasteiger partial charge in [0.15, 0.2) is 0 Å². The summed E-state index contributed by atoms with van der Waals surface area (Å²) >= 11 is 0. The normalized spacial score (nSPS) is 21.8. The first-order valence-corrected chi connectivity index (χ1v) is 5.85. The number of esters is 1. The average molecular weight is 235 g/mol. The number of carbonyl (C=O) groups excluding carboxylic acids is 1. The highest BCUT2D eigenvalue weighted by molar-refractivity contribution is 5.75. The van der Waals surface area contributed by atoms with Crippen LogP contribution >= 0.6 is 0 Å². The highest BCUT2D eigenvalue weighted by Crippen LogP contribution is 2.14. The molecule has 0 bridgehead atoms. The van der Waals surface area contributed by atoms with Crippen LogP contribution in [0.2, 0.25) is 0 Å². The van der Waals surface area contributed by atoms with Crippen LogP contribution in [-0.2, 0) is 9.53 Å². The van der Waals surface area contributed by atoms with Crippen molar-refractivity contribution in [2.75, 3.05) is 19.8 Å². The molecular formula is C13H17NO3. The topological polar surface area (TPSA) is 47.6 Å². The average Bonchev–Trinajstić information content (AvgIpc) is 2.40. The SMILES string of the molecule is CC(C(=O)Oc1ccccc1)C1COCCN1. The van der Waals surface area contributed by atoms with Crippen LogP contribution in [0.5, 0.6) is 5.75 Å². The van der Waals surface area contributed by atoms with Crippen LogP contribution in [0.4, 0.5) is 0 Å². The summed E-state index contributed by atoms with van der Waals surface area (Å²) in [6.07, 6.45) is 0. The third-order valence-electron chi connectivity index (χ3n) is 2.89. The first kappa shape index (κ1) is 12.1. The summed E-state index contributed by atoms with van der Waals surface area (Å²) in [6, 6.07) is 9.16. The molecule has 1 heterocycles. The van der Waals surface area contributed by atoms with Gasteiger partial charge in [-0.3, -0.25) is 4.79 Å². The summed E-state index contributed by atoms with van der Waals surface area (Å²) in [4.78, 5) is 11.9. The van der Waals surface area contributed by atoms with E-state index in [1.807, 2.05) is 25.1 Å². The summed E-state index contributed by atoms with van der Waals surface area (Å²) < 4.78 is 10.6. The molecule has 2 atom stereocenters. The fourth-order valence-electron chi connectivity index (χ4n) is 1.77. The van der Waals surface area contributed by atoms with Crippen LogP contribution in [0.1, 0.15) is 6.92 Å². The van der Waals surface area contributed by atoms with E-state index in [0.717, 1.165) is 6.54 Å². The number of ether oxygens (including phenoxy) is 2. The number of carbonyl (C=O) groups is 1. The number of morpholine rings is 1. The van der Waals surface area contributed by atoms with Gasteiger partial charge in [-0.05, 0) is 12.1 Å². The van der Waals surface area contributed by atoms with Crippen LogP contribution in [-0.4, -0.2) is 31.8 Å². The number of benzene rings is 1. The van der Waals surface area contributed by atoms with E-state index in [4.69, 9.17) is 9.47 Å². The second-order valence-electron chi connectivity index (χ2n) is 4.16. The fourth-order valence-corrected chi connectivity index (χ4v) is 1.77. The first-order valence-electron chi connectivity index (χ1n) is 5.85. The fraction of sp³-hybridized carbons (Fsp3) is 0.462. The Kier molecular flexibility index (Phi) is 4.12. The first-order chi connectivity index (χ1) is 8.27. The molecule has 17 heavy (non-hydrogen) atoms. The quantitative estimate of drug-likeness (QED) is 0.632.